The number of fused-ring (bicyclic) bond motifs is 5. The predicted octanol–water partition coefficient (Wildman–Crippen LogP) is 8.61. The van der Waals surface area contributed by atoms with Gasteiger partial charge in [-0.1, -0.05) is 97.8 Å². The third kappa shape index (κ3) is 9.14. The van der Waals surface area contributed by atoms with Crippen LogP contribution < -0.4 is 0 Å². The van der Waals surface area contributed by atoms with E-state index in [4.69, 9.17) is 5.11 Å². The minimum atomic E-state index is -0.751. The molecule has 4 fully saturated rings. The highest BCUT2D eigenvalue weighted by Gasteiger charge is 2.67. The number of aliphatic hydroxyl groups is 3. The van der Waals surface area contributed by atoms with Crippen molar-refractivity contribution in [3.8, 4) is 0 Å². The molecule has 0 aromatic rings. The Bertz CT molecular complexity index is 986. The van der Waals surface area contributed by atoms with E-state index in [1.165, 1.54) is 64.2 Å². The SMILES string of the molecule is C[C@H](CCC(=O)O)[C@H]1CC[C@H]2[C@@H]3[C@H](O)C[C@@H]4C[C@H](O)CC(CCCCCCCCCCCCCCCC(=O)O)[C@]4(C)[C@H]3C[C@H](O)[C@]12C. The molecule has 7 nitrogen and oxygen atoms in total. The predicted molar refractivity (Wildman–Crippen MR) is 186 cm³/mol. The van der Waals surface area contributed by atoms with Crippen LogP contribution in [-0.2, 0) is 9.59 Å². The van der Waals surface area contributed by atoms with Gasteiger partial charge in [0.2, 0.25) is 0 Å². The molecule has 5 N–H and O–H groups in total. The normalized spacial score (nSPS) is 38.7. The first-order valence-electron chi connectivity index (χ1n) is 19.9. The molecule has 0 radical (unpaired) electrons. The van der Waals surface area contributed by atoms with Crippen molar-refractivity contribution in [3.05, 3.63) is 0 Å². The van der Waals surface area contributed by atoms with Gasteiger partial charge in [-0.3, -0.25) is 9.59 Å². The van der Waals surface area contributed by atoms with Crippen molar-refractivity contribution in [1.82, 2.24) is 0 Å². The van der Waals surface area contributed by atoms with Gasteiger partial charge in [-0.05, 0) is 110 Å². The molecule has 0 heterocycles. The number of rotatable bonds is 20. The topological polar surface area (TPSA) is 135 Å². The van der Waals surface area contributed by atoms with E-state index in [9.17, 15) is 30.0 Å². The maximum Gasteiger partial charge on any atom is 0.303 e. The number of aliphatic hydroxyl groups excluding tert-OH is 3. The molecule has 0 bridgehead atoms. The molecule has 4 aliphatic rings. The molecule has 272 valence electrons. The van der Waals surface area contributed by atoms with Gasteiger partial charge >= 0.3 is 11.9 Å². The zero-order valence-electron chi connectivity index (χ0n) is 30.1. The lowest BCUT2D eigenvalue weighted by molar-refractivity contribution is -0.223. The molecule has 0 spiro atoms. The number of hydrogen-bond donors (Lipinski definition) is 5. The van der Waals surface area contributed by atoms with E-state index in [-0.39, 0.29) is 52.9 Å². The monoisotopic (exact) mass is 663 g/mol. The minimum absolute atomic E-state index is 0.0225. The van der Waals surface area contributed by atoms with Gasteiger partial charge in [0, 0.05) is 12.8 Å². The van der Waals surface area contributed by atoms with Crippen molar-refractivity contribution < 1.29 is 35.1 Å². The summed E-state index contributed by atoms with van der Waals surface area (Å²) in [7, 11) is 0. The van der Waals surface area contributed by atoms with Crippen LogP contribution >= 0.6 is 0 Å². The average molecular weight is 663 g/mol. The van der Waals surface area contributed by atoms with Crippen molar-refractivity contribution in [1.29, 1.82) is 0 Å². The number of hydrogen-bond acceptors (Lipinski definition) is 5. The van der Waals surface area contributed by atoms with Crippen molar-refractivity contribution in [2.75, 3.05) is 0 Å². The van der Waals surface area contributed by atoms with E-state index in [1.807, 2.05) is 0 Å². The fraction of sp³-hybridized carbons (Fsp3) is 0.950. The van der Waals surface area contributed by atoms with Crippen LogP contribution in [-0.4, -0.2) is 55.8 Å². The van der Waals surface area contributed by atoms with Crippen LogP contribution in [0.5, 0.6) is 0 Å². The molecule has 4 aliphatic carbocycles. The third-order valence-electron chi connectivity index (χ3n) is 14.6. The van der Waals surface area contributed by atoms with E-state index in [1.54, 1.807) is 0 Å². The van der Waals surface area contributed by atoms with Crippen LogP contribution in [0.15, 0.2) is 0 Å². The smallest absolute Gasteiger partial charge is 0.303 e. The molecular formula is C40H70O7. The Morgan fingerprint density at radius 2 is 1.21 bits per heavy atom. The largest absolute Gasteiger partial charge is 0.481 e. The van der Waals surface area contributed by atoms with Gasteiger partial charge in [-0.25, -0.2) is 0 Å². The van der Waals surface area contributed by atoms with E-state index in [0.717, 1.165) is 64.2 Å². The van der Waals surface area contributed by atoms with E-state index in [0.29, 0.717) is 24.7 Å². The molecule has 1 unspecified atom stereocenters. The first-order chi connectivity index (χ1) is 22.4. The second-order valence-corrected chi connectivity index (χ2v) is 17.2. The molecular weight excluding hydrogens is 592 g/mol. The molecule has 7 heteroatoms. The second-order valence-electron chi connectivity index (χ2n) is 17.2. The van der Waals surface area contributed by atoms with Gasteiger partial charge in [0.1, 0.15) is 0 Å². The van der Waals surface area contributed by atoms with Crippen molar-refractivity contribution in [2.45, 2.75) is 187 Å². The third-order valence-corrected chi connectivity index (χ3v) is 14.6. The summed E-state index contributed by atoms with van der Waals surface area (Å²) in [4.78, 5) is 21.9. The maximum absolute atomic E-state index is 12.0. The lowest BCUT2D eigenvalue weighted by atomic mass is 9.40. The second kappa shape index (κ2) is 17.7. The summed E-state index contributed by atoms with van der Waals surface area (Å²) in [5.41, 5.74) is -0.259. The Morgan fingerprint density at radius 3 is 1.79 bits per heavy atom. The van der Waals surface area contributed by atoms with E-state index >= 15 is 0 Å². The maximum atomic E-state index is 12.0. The molecule has 0 saturated heterocycles. The van der Waals surface area contributed by atoms with Crippen LogP contribution in [0.4, 0.5) is 0 Å². The number of unbranched alkanes of at least 4 members (excludes halogenated alkanes) is 12. The number of carboxylic acid groups (broad SMARTS) is 2. The molecule has 0 aromatic carbocycles. The van der Waals surface area contributed by atoms with Gasteiger partial charge in [-0.15, -0.1) is 0 Å². The Morgan fingerprint density at radius 1 is 0.660 bits per heavy atom. The van der Waals surface area contributed by atoms with Crippen molar-refractivity contribution in [3.63, 3.8) is 0 Å². The standard InChI is InChI=1S/C40H70O7/c1-27(19-22-37(46)47)31-20-21-32-38-33(26-35(43)40(31,32)3)39(2)28(23-30(41)24-29(39)25-34(38)42)17-15-13-11-9-7-5-4-6-8-10-12-14-16-18-36(44)45/h27-35,38,41-43H,4-26H2,1-3H3,(H,44,45)(H,46,47)/t27-,28?,29+,30-,31-,32+,33+,34-,35+,38+,39+,40-/m1/s1. The van der Waals surface area contributed by atoms with Gasteiger partial charge in [-0.2, -0.15) is 0 Å². The number of carbonyl (C=O) groups is 2. The van der Waals surface area contributed by atoms with Gasteiger partial charge in [0.15, 0.2) is 0 Å². The molecule has 4 rings (SSSR count). The van der Waals surface area contributed by atoms with Crippen LogP contribution in [0.3, 0.4) is 0 Å². The summed E-state index contributed by atoms with van der Waals surface area (Å²) in [6.45, 7) is 6.89. The lowest BCUT2D eigenvalue weighted by Gasteiger charge is -2.65. The molecule has 12 atom stereocenters. The van der Waals surface area contributed by atoms with Gasteiger partial charge in [0.05, 0.1) is 18.3 Å². The molecule has 0 aliphatic heterocycles. The molecule has 0 aromatic heterocycles. The van der Waals surface area contributed by atoms with Gasteiger partial charge in [0.25, 0.3) is 0 Å². The van der Waals surface area contributed by atoms with E-state index < -0.39 is 24.1 Å². The van der Waals surface area contributed by atoms with Crippen LogP contribution in [0.2, 0.25) is 0 Å². The van der Waals surface area contributed by atoms with Crippen LogP contribution in [0.25, 0.3) is 0 Å². The van der Waals surface area contributed by atoms with Crippen LogP contribution in [0, 0.1) is 52.3 Å². The lowest BCUT2D eigenvalue weighted by Crippen LogP contribution is -2.64. The molecule has 47 heavy (non-hydrogen) atoms. The Labute approximate surface area is 285 Å². The summed E-state index contributed by atoms with van der Waals surface area (Å²) in [5.74, 6) is 0.503. The summed E-state index contributed by atoms with van der Waals surface area (Å²) in [6.07, 6.45) is 21.9. The molecule has 4 saturated carbocycles. The highest BCUT2D eigenvalue weighted by atomic mass is 16.4. The fourth-order valence-corrected chi connectivity index (χ4v) is 12.0. The Hall–Kier alpha value is -1.18. The number of carboxylic acids is 2. The fourth-order valence-electron chi connectivity index (χ4n) is 12.0. The average Bonchev–Trinajstić information content (AvgIpc) is 3.37. The highest BCUT2D eigenvalue weighted by molar-refractivity contribution is 5.66. The summed E-state index contributed by atoms with van der Waals surface area (Å²) in [6, 6.07) is 0. The van der Waals surface area contributed by atoms with Crippen LogP contribution in [0.1, 0.15) is 168 Å². The van der Waals surface area contributed by atoms with Gasteiger partial charge < -0.3 is 25.5 Å². The minimum Gasteiger partial charge on any atom is -0.481 e. The zero-order valence-corrected chi connectivity index (χ0v) is 30.1. The Kier molecular flexibility index (Phi) is 14.5. The quantitative estimate of drug-likeness (QED) is 0.0824. The molecule has 0 amide bonds. The Balaban J connectivity index is 1.25. The van der Waals surface area contributed by atoms with Crippen molar-refractivity contribution >= 4 is 11.9 Å². The first-order valence-corrected chi connectivity index (χ1v) is 19.9. The summed E-state index contributed by atoms with van der Waals surface area (Å²) >= 11 is 0. The van der Waals surface area contributed by atoms with E-state index in [2.05, 4.69) is 20.8 Å². The first kappa shape index (κ1) is 38.6. The zero-order chi connectivity index (χ0) is 34.2. The summed E-state index contributed by atoms with van der Waals surface area (Å²) < 4.78 is 0. The summed E-state index contributed by atoms with van der Waals surface area (Å²) in [5, 5.41) is 52.7. The van der Waals surface area contributed by atoms with Crippen molar-refractivity contribution in [2.24, 2.45) is 52.3 Å². The highest BCUT2D eigenvalue weighted by Crippen LogP contribution is 2.69. The number of aliphatic carboxylic acids is 2.